The molecule has 0 radical (unpaired) electrons. The largest absolute Gasteiger partial charge is 0.394 e. The van der Waals surface area contributed by atoms with E-state index in [1.165, 1.54) is 12.3 Å². The molecule has 11 heteroatoms. The van der Waals surface area contributed by atoms with Gasteiger partial charge in [0, 0.05) is 18.1 Å². The molecule has 1 heterocycles. The predicted octanol–water partition coefficient (Wildman–Crippen LogP) is 2.01. The number of benzene rings is 2. The lowest BCUT2D eigenvalue weighted by Crippen LogP contribution is -2.21. The van der Waals surface area contributed by atoms with Gasteiger partial charge in [-0.25, -0.2) is 17.8 Å². The van der Waals surface area contributed by atoms with Gasteiger partial charge < -0.3 is 21.5 Å². The molecule has 0 saturated carbocycles. The second kappa shape index (κ2) is 9.06. The molecule has 1 amide bonds. The molecule has 0 bridgehead atoms. The minimum absolute atomic E-state index is 0.00136. The van der Waals surface area contributed by atoms with Gasteiger partial charge in [0.1, 0.15) is 16.5 Å². The zero-order valence-electron chi connectivity index (χ0n) is 16.4. The number of primary amides is 1. The fourth-order valence-corrected chi connectivity index (χ4v) is 3.55. The van der Waals surface area contributed by atoms with Crippen LogP contribution in [0.5, 0.6) is 0 Å². The molecule has 2 aromatic carbocycles. The Morgan fingerprint density at radius 2 is 1.94 bits per heavy atom. The van der Waals surface area contributed by atoms with Gasteiger partial charge in [0.2, 0.25) is 5.95 Å². The number of sulfone groups is 1. The topological polar surface area (TPSA) is 147 Å². The number of hydrogen-bond donors (Lipinski definition) is 4. The normalized spacial score (nSPS) is 12.2. The van der Waals surface area contributed by atoms with Crippen LogP contribution >= 0.6 is 0 Å². The summed E-state index contributed by atoms with van der Waals surface area (Å²) < 4.78 is 37.3. The highest BCUT2D eigenvalue weighted by Crippen LogP contribution is 2.24. The van der Waals surface area contributed by atoms with Gasteiger partial charge >= 0.3 is 0 Å². The predicted molar refractivity (Wildman–Crippen MR) is 113 cm³/mol. The third-order valence-electron chi connectivity index (χ3n) is 4.34. The number of aliphatic hydroxyl groups excluding tert-OH is 1. The first-order valence-corrected chi connectivity index (χ1v) is 10.9. The SMILES string of the molecule is CS(=O)(=O)c1ccc(Nc2ncc(C(N)=O)c(N[C@H](CO)c3ccccc3)n2)cc1F. The maximum Gasteiger partial charge on any atom is 0.254 e. The quantitative estimate of drug-likeness (QED) is 0.412. The van der Waals surface area contributed by atoms with Crippen molar-refractivity contribution in [3.8, 4) is 0 Å². The third kappa shape index (κ3) is 5.32. The summed E-state index contributed by atoms with van der Waals surface area (Å²) >= 11 is 0. The van der Waals surface area contributed by atoms with Gasteiger partial charge in [-0.15, -0.1) is 0 Å². The van der Waals surface area contributed by atoms with Crippen molar-refractivity contribution in [3.05, 3.63) is 71.7 Å². The molecule has 1 atom stereocenters. The van der Waals surface area contributed by atoms with Crippen molar-refractivity contribution in [2.45, 2.75) is 10.9 Å². The van der Waals surface area contributed by atoms with E-state index in [0.717, 1.165) is 24.0 Å². The van der Waals surface area contributed by atoms with E-state index in [9.17, 15) is 22.7 Å². The minimum Gasteiger partial charge on any atom is -0.394 e. The number of anilines is 3. The lowest BCUT2D eigenvalue weighted by molar-refractivity contribution is 0.1000. The van der Waals surface area contributed by atoms with Crippen LogP contribution in [-0.4, -0.2) is 42.3 Å². The van der Waals surface area contributed by atoms with Gasteiger partial charge in [0.25, 0.3) is 5.91 Å². The van der Waals surface area contributed by atoms with E-state index in [4.69, 9.17) is 5.73 Å². The average Bonchev–Trinajstić information content (AvgIpc) is 2.71. The van der Waals surface area contributed by atoms with Gasteiger partial charge in [-0.3, -0.25) is 4.79 Å². The van der Waals surface area contributed by atoms with Crippen LogP contribution < -0.4 is 16.4 Å². The molecule has 0 spiro atoms. The van der Waals surface area contributed by atoms with Crippen molar-refractivity contribution in [2.75, 3.05) is 23.5 Å². The number of carbonyl (C=O) groups excluding carboxylic acids is 1. The third-order valence-corrected chi connectivity index (χ3v) is 5.47. The number of nitrogens with one attached hydrogen (secondary N) is 2. The van der Waals surface area contributed by atoms with Gasteiger partial charge in [0.05, 0.1) is 18.2 Å². The van der Waals surface area contributed by atoms with Crippen molar-refractivity contribution in [3.63, 3.8) is 0 Å². The first-order chi connectivity index (χ1) is 14.7. The number of aliphatic hydroxyl groups is 1. The van der Waals surface area contributed by atoms with E-state index in [2.05, 4.69) is 20.6 Å². The summed E-state index contributed by atoms with van der Waals surface area (Å²) in [4.78, 5) is 19.6. The van der Waals surface area contributed by atoms with Gasteiger partial charge in [-0.2, -0.15) is 4.98 Å². The summed E-state index contributed by atoms with van der Waals surface area (Å²) in [5.74, 6) is -1.63. The monoisotopic (exact) mass is 445 g/mol. The van der Waals surface area contributed by atoms with E-state index in [1.54, 1.807) is 24.3 Å². The second-order valence-electron chi connectivity index (χ2n) is 6.65. The van der Waals surface area contributed by atoms with Crippen LogP contribution in [-0.2, 0) is 9.84 Å². The summed E-state index contributed by atoms with van der Waals surface area (Å²) in [6.07, 6.45) is 2.10. The van der Waals surface area contributed by atoms with Crippen molar-refractivity contribution in [1.82, 2.24) is 9.97 Å². The molecule has 3 aromatic rings. The van der Waals surface area contributed by atoms with Crippen molar-refractivity contribution in [1.29, 1.82) is 0 Å². The Balaban J connectivity index is 1.91. The second-order valence-corrected chi connectivity index (χ2v) is 8.64. The van der Waals surface area contributed by atoms with E-state index in [0.29, 0.717) is 0 Å². The minimum atomic E-state index is -3.71. The Kier molecular flexibility index (Phi) is 6.47. The molecule has 0 aliphatic carbocycles. The summed E-state index contributed by atoms with van der Waals surface area (Å²) in [7, 11) is -3.71. The van der Waals surface area contributed by atoms with Crippen LogP contribution in [0.15, 0.2) is 59.6 Å². The Bertz CT molecular complexity index is 1210. The number of nitrogens with two attached hydrogens (primary N) is 1. The maximum atomic E-state index is 14.1. The number of nitrogens with zero attached hydrogens (tertiary/aromatic N) is 2. The Hall–Kier alpha value is -3.57. The van der Waals surface area contributed by atoms with Crippen LogP contribution in [0.1, 0.15) is 22.0 Å². The number of aromatic nitrogens is 2. The molecule has 9 nitrogen and oxygen atoms in total. The van der Waals surface area contributed by atoms with Crippen molar-refractivity contribution >= 4 is 33.2 Å². The number of rotatable bonds is 8. The highest BCUT2D eigenvalue weighted by atomic mass is 32.2. The Morgan fingerprint density at radius 1 is 1.23 bits per heavy atom. The molecule has 1 aromatic heterocycles. The maximum absolute atomic E-state index is 14.1. The molecule has 0 fully saturated rings. The zero-order chi connectivity index (χ0) is 22.6. The standard InChI is InChI=1S/C20H20FN5O4S/c1-31(29,30)17-8-7-13(9-15(17)21)24-20-23-10-14(18(22)28)19(26-20)25-16(11-27)12-5-3-2-4-6-12/h2-10,16,27H,11H2,1H3,(H2,22,28)(H2,23,24,25,26)/t16-/m1/s1. The number of hydrogen-bond acceptors (Lipinski definition) is 8. The van der Waals surface area contributed by atoms with Crippen LogP contribution in [0.3, 0.4) is 0 Å². The first-order valence-electron chi connectivity index (χ1n) is 9.05. The van der Waals surface area contributed by atoms with Crippen molar-refractivity contribution < 1.29 is 22.7 Å². The zero-order valence-corrected chi connectivity index (χ0v) is 17.2. The molecule has 162 valence electrons. The van der Waals surface area contributed by atoms with E-state index >= 15 is 0 Å². The smallest absolute Gasteiger partial charge is 0.254 e. The number of halogens is 1. The molecule has 0 aliphatic heterocycles. The first kappa shape index (κ1) is 22.1. The molecule has 0 saturated heterocycles. The molecule has 31 heavy (non-hydrogen) atoms. The number of amides is 1. The van der Waals surface area contributed by atoms with E-state index < -0.39 is 32.5 Å². The fraction of sp³-hybridized carbons (Fsp3) is 0.150. The van der Waals surface area contributed by atoms with E-state index in [-0.39, 0.29) is 29.6 Å². The highest BCUT2D eigenvalue weighted by Gasteiger charge is 2.18. The molecule has 0 unspecified atom stereocenters. The van der Waals surface area contributed by atoms with Gasteiger partial charge in [0.15, 0.2) is 9.84 Å². The van der Waals surface area contributed by atoms with E-state index in [1.807, 2.05) is 6.07 Å². The van der Waals surface area contributed by atoms with Crippen LogP contribution in [0.25, 0.3) is 0 Å². The van der Waals surface area contributed by atoms with Crippen LogP contribution in [0.4, 0.5) is 21.8 Å². The number of carbonyl (C=O) groups is 1. The summed E-state index contributed by atoms with van der Waals surface area (Å²) in [5, 5.41) is 15.5. The highest BCUT2D eigenvalue weighted by molar-refractivity contribution is 7.90. The summed E-state index contributed by atoms with van der Waals surface area (Å²) in [5.41, 5.74) is 6.36. The lowest BCUT2D eigenvalue weighted by Gasteiger charge is -2.19. The molecule has 5 N–H and O–H groups in total. The fourth-order valence-electron chi connectivity index (χ4n) is 2.83. The average molecular weight is 445 g/mol. The van der Waals surface area contributed by atoms with Gasteiger partial charge in [-0.1, -0.05) is 30.3 Å². The molecular formula is C20H20FN5O4S. The summed E-state index contributed by atoms with van der Waals surface area (Å²) in [6, 6.07) is 11.9. The van der Waals surface area contributed by atoms with Gasteiger partial charge in [-0.05, 0) is 23.8 Å². The van der Waals surface area contributed by atoms with Crippen molar-refractivity contribution in [2.24, 2.45) is 5.73 Å². The Labute approximate surface area is 178 Å². The van der Waals surface area contributed by atoms with Crippen LogP contribution in [0, 0.1) is 5.82 Å². The lowest BCUT2D eigenvalue weighted by atomic mass is 10.1. The van der Waals surface area contributed by atoms with Crippen LogP contribution in [0.2, 0.25) is 0 Å². The molecule has 0 aliphatic rings. The molecular weight excluding hydrogens is 425 g/mol. The Morgan fingerprint density at radius 3 is 2.52 bits per heavy atom. The molecule has 3 rings (SSSR count). The summed E-state index contributed by atoms with van der Waals surface area (Å²) in [6.45, 7) is -0.285.